The second-order valence-electron chi connectivity index (χ2n) is 4.07. The van der Waals surface area contributed by atoms with Crippen molar-refractivity contribution < 1.29 is 9.18 Å². The summed E-state index contributed by atoms with van der Waals surface area (Å²) in [4.78, 5) is 11.9. The molecular formula is C16H13FO. The number of allylic oxidation sites excluding steroid dienone is 1. The topological polar surface area (TPSA) is 17.1 Å². The van der Waals surface area contributed by atoms with Gasteiger partial charge in [-0.25, -0.2) is 4.39 Å². The van der Waals surface area contributed by atoms with Crippen molar-refractivity contribution >= 4 is 11.9 Å². The van der Waals surface area contributed by atoms with Gasteiger partial charge in [0, 0.05) is 5.56 Å². The van der Waals surface area contributed by atoms with Crippen LogP contribution in [0.1, 0.15) is 21.5 Å². The van der Waals surface area contributed by atoms with Crippen LogP contribution in [-0.2, 0) is 0 Å². The predicted octanol–water partition coefficient (Wildman–Crippen LogP) is 4.03. The van der Waals surface area contributed by atoms with E-state index in [1.165, 1.54) is 18.2 Å². The molecular weight excluding hydrogens is 227 g/mol. The fraction of sp³-hybridized carbons (Fsp3) is 0.0625. The molecule has 0 amide bonds. The van der Waals surface area contributed by atoms with E-state index in [9.17, 15) is 9.18 Å². The molecule has 90 valence electrons. The summed E-state index contributed by atoms with van der Waals surface area (Å²) < 4.78 is 13.1. The maximum atomic E-state index is 13.1. The Kier molecular flexibility index (Phi) is 3.68. The third-order valence-corrected chi connectivity index (χ3v) is 2.69. The minimum absolute atomic E-state index is 0.184. The zero-order valence-corrected chi connectivity index (χ0v) is 10.1. The van der Waals surface area contributed by atoms with E-state index in [-0.39, 0.29) is 5.78 Å². The molecule has 0 N–H and O–H groups in total. The zero-order chi connectivity index (χ0) is 13.0. The molecule has 0 unspecified atom stereocenters. The Morgan fingerprint density at radius 1 is 1.11 bits per heavy atom. The number of carbonyl (C=O) groups excluding carboxylic acids is 1. The first-order valence-corrected chi connectivity index (χ1v) is 5.70. The number of halogens is 1. The van der Waals surface area contributed by atoms with Crippen LogP contribution in [-0.4, -0.2) is 5.78 Å². The van der Waals surface area contributed by atoms with Gasteiger partial charge in [-0.05, 0) is 36.3 Å². The molecule has 0 bridgehead atoms. The molecule has 0 aliphatic heterocycles. The Morgan fingerprint density at radius 2 is 1.83 bits per heavy atom. The van der Waals surface area contributed by atoms with Gasteiger partial charge in [0.15, 0.2) is 5.78 Å². The quantitative estimate of drug-likeness (QED) is 0.584. The van der Waals surface area contributed by atoms with Gasteiger partial charge in [0.2, 0.25) is 0 Å². The van der Waals surface area contributed by atoms with Crippen molar-refractivity contribution in [3.63, 3.8) is 0 Å². The maximum Gasteiger partial charge on any atom is 0.186 e. The van der Waals surface area contributed by atoms with Gasteiger partial charge in [-0.2, -0.15) is 0 Å². The van der Waals surface area contributed by atoms with E-state index in [0.29, 0.717) is 5.56 Å². The SMILES string of the molecule is Cc1ccc(F)cc1C(=O)C=Cc1ccccc1. The molecule has 0 saturated heterocycles. The number of rotatable bonds is 3. The molecule has 2 aromatic carbocycles. The molecule has 0 fully saturated rings. The number of ketones is 1. The van der Waals surface area contributed by atoms with Crippen LogP contribution >= 0.6 is 0 Å². The summed E-state index contributed by atoms with van der Waals surface area (Å²) in [5, 5.41) is 0. The molecule has 0 saturated carbocycles. The summed E-state index contributed by atoms with van der Waals surface area (Å²) in [6, 6.07) is 13.8. The van der Waals surface area contributed by atoms with Crippen LogP contribution in [0.2, 0.25) is 0 Å². The maximum absolute atomic E-state index is 13.1. The van der Waals surface area contributed by atoms with Gasteiger partial charge >= 0.3 is 0 Å². The molecule has 1 nitrogen and oxygen atoms in total. The second-order valence-corrected chi connectivity index (χ2v) is 4.07. The van der Waals surface area contributed by atoms with E-state index >= 15 is 0 Å². The highest BCUT2D eigenvalue weighted by atomic mass is 19.1. The normalized spacial score (nSPS) is 10.8. The fourth-order valence-electron chi connectivity index (χ4n) is 1.69. The largest absolute Gasteiger partial charge is 0.289 e. The summed E-state index contributed by atoms with van der Waals surface area (Å²) in [6.45, 7) is 1.79. The van der Waals surface area contributed by atoms with Gasteiger partial charge < -0.3 is 0 Å². The molecule has 0 heterocycles. The van der Waals surface area contributed by atoms with E-state index in [0.717, 1.165) is 11.1 Å². The molecule has 18 heavy (non-hydrogen) atoms. The van der Waals surface area contributed by atoms with Crippen molar-refractivity contribution in [3.05, 3.63) is 77.1 Å². The van der Waals surface area contributed by atoms with Crippen LogP contribution in [0.25, 0.3) is 6.08 Å². The second kappa shape index (κ2) is 5.41. The molecule has 0 aromatic heterocycles. The first-order valence-electron chi connectivity index (χ1n) is 5.70. The van der Waals surface area contributed by atoms with Crippen molar-refractivity contribution in [2.24, 2.45) is 0 Å². The average Bonchev–Trinajstić information content (AvgIpc) is 2.40. The predicted molar refractivity (Wildman–Crippen MR) is 70.9 cm³/mol. The van der Waals surface area contributed by atoms with Crippen molar-refractivity contribution in [1.82, 2.24) is 0 Å². The number of hydrogen-bond donors (Lipinski definition) is 0. The molecule has 0 atom stereocenters. The Bertz CT molecular complexity index is 585. The smallest absolute Gasteiger partial charge is 0.186 e. The van der Waals surface area contributed by atoms with E-state index in [4.69, 9.17) is 0 Å². The Hall–Kier alpha value is -2.22. The van der Waals surface area contributed by atoms with Gasteiger partial charge in [-0.3, -0.25) is 4.79 Å². The van der Waals surface area contributed by atoms with Crippen LogP contribution in [0, 0.1) is 12.7 Å². The first-order chi connectivity index (χ1) is 8.66. The highest BCUT2D eigenvalue weighted by Crippen LogP contribution is 2.12. The van der Waals surface area contributed by atoms with Gasteiger partial charge in [0.1, 0.15) is 5.82 Å². The molecule has 0 aliphatic rings. The summed E-state index contributed by atoms with van der Waals surface area (Å²) >= 11 is 0. The van der Waals surface area contributed by atoms with Crippen LogP contribution < -0.4 is 0 Å². The van der Waals surface area contributed by atoms with Crippen LogP contribution in [0.4, 0.5) is 4.39 Å². The number of aryl methyl sites for hydroxylation is 1. The van der Waals surface area contributed by atoms with Crippen LogP contribution in [0.5, 0.6) is 0 Å². The Balaban J connectivity index is 2.22. The highest BCUT2D eigenvalue weighted by molar-refractivity contribution is 6.07. The fourth-order valence-corrected chi connectivity index (χ4v) is 1.69. The molecule has 2 aromatic rings. The average molecular weight is 240 g/mol. The minimum atomic E-state index is -0.392. The van der Waals surface area contributed by atoms with Gasteiger partial charge in [-0.15, -0.1) is 0 Å². The summed E-state index contributed by atoms with van der Waals surface area (Å²) in [6.07, 6.45) is 3.20. The van der Waals surface area contributed by atoms with Crippen LogP contribution in [0.3, 0.4) is 0 Å². The summed E-state index contributed by atoms with van der Waals surface area (Å²) in [7, 11) is 0. The highest BCUT2D eigenvalue weighted by Gasteiger charge is 2.06. The van der Waals surface area contributed by atoms with Gasteiger partial charge in [0.05, 0.1) is 0 Å². The lowest BCUT2D eigenvalue weighted by molar-refractivity contribution is 0.104. The van der Waals surface area contributed by atoms with E-state index < -0.39 is 5.82 Å². The Morgan fingerprint density at radius 3 is 2.56 bits per heavy atom. The molecule has 2 heteroatoms. The number of carbonyl (C=O) groups is 1. The van der Waals surface area contributed by atoms with Crippen molar-refractivity contribution in [2.45, 2.75) is 6.92 Å². The van der Waals surface area contributed by atoms with E-state index in [1.54, 1.807) is 19.1 Å². The first kappa shape index (κ1) is 12.2. The van der Waals surface area contributed by atoms with Crippen molar-refractivity contribution in [3.8, 4) is 0 Å². The monoisotopic (exact) mass is 240 g/mol. The van der Waals surface area contributed by atoms with Gasteiger partial charge in [-0.1, -0.05) is 42.5 Å². The number of benzene rings is 2. The van der Waals surface area contributed by atoms with E-state index in [1.807, 2.05) is 30.3 Å². The standard InChI is InChI=1S/C16H13FO/c1-12-7-9-14(17)11-15(12)16(18)10-8-13-5-3-2-4-6-13/h2-11H,1H3. The number of hydrogen-bond acceptors (Lipinski definition) is 1. The molecule has 0 spiro atoms. The Labute approximate surface area is 106 Å². The zero-order valence-electron chi connectivity index (χ0n) is 10.1. The lowest BCUT2D eigenvalue weighted by atomic mass is 10.0. The van der Waals surface area contributed by atoms with Crippen molar-refractivity contribution in [1.29, 1.82) is 0 Å². The third kappa shape index (κ3) is 2.92. The summed E-state index contributed by atoms with van der Waals surface area (Å²) in [5.41, 5.74) is 2.13. The molecule has 0 radical (unpaired) electrons. The lowest BCUT2D eigenvalue weighted by Crippen LogP contribution is -1.98. The summed E-state index contributed by atoms with van der Waals surface area (Å²) in [5.74, 6) is -0.576. The van der Waals surface area contributed by atoms with E-state index in [2.05, 4.69) is 0 Å². The third-order valence-electron chi connectivity index (χ3n) is 2.69. The minimum Gasteiger partial charge on any atom is -0.289 e. The van der Waals surface area contributed by atoms with Crippen molar-refractivity contribution in [2.75, 3.05) is 0 Å². The van der Waals surface area contributed by atoms with Crippen LogP contribution in [0.15, 0.2) is 54.6 Å². The molecule has 2 rings (SSSR count). The molecule has 0 aliphatic carbocycles. The van der Waals surface area contributed by atoms with Gasteiger partial charge in [0.25, 0.3) is 0 Å². The lowest BCUT2D eigenvalue weighted by Gasteiger charge is -2.01.